The van der Waals surface area contributed by atoms with Gasteiger partial charge in [0, 0.05) is 37.9 Å². The maximum atomic E-state index is 5.58. The summed E-state index contributed by atoms with van der Waals surface area (Å²) < 4.78 is 7.91. The van der Waals surface area contributed by atoms with Crippen LogP contribution in [0.4, 0.5) is 0 Å². The SMILES string of the molecule is c1cc(-c2cn3c(n2)CCCC3)ccc1CCC1CCCOC1. The third-order valence-corrected chi connectivity index (χ3v) is 5.25. The highest BCUT2D eigenvalue weighted by Crippen LogP contribution is 2.24. The van der Waals surface area contributed by atoms with E-state index in [-0.39, 0.29) is 0 Å². The maximum Gasteiger partial charge on any atom is 0.109 e. The fourth-order valence-corrected chi connectivity index (χ4v) is 3.80. The average Bonchev–Trinajstić information content (AvgIpc) is 3.05. The number of benzene rings is 1. The van der Waals surface area contributed by atoms with Gasteiger partial charge in [0.25, 0.3) is 0 Å². The Morgan fingerprint density at radius 3 is 2.83 bits per heavy atom. The molecule has 3 heterocycles. The van der Waals surface area contributed by atoms with Crippen LogP contribution in [0.5, 0.6) is 0 Å². The molecule has 0 saturated carbocycles. The van der Waals surface area contributed by atoms with Gasteiger partial charge in [0.05, 0.1) is 5.69 Å². The Hall–Kier alpha value is -1.61. The zero-order chi connectivity index (χ0) is 15.5. The van der Waals surface area contributed by atoms with E-state index in [1.54, 1.807) is 0 Å². The molecule has 0 spiro atoms. The van der Waals surface area contributed by atoms with E-state index < -0.39 is 0 Å². The van der Waals surface area contributed by atoms with Gasteiger partial charge in [-0.1, -0.05) is 24.3 Å². The number of ether oxygens (including phenoxy) is 1. The molecule has 1 unspecified atom stereocenters. The first-order valence-electron chi connectivity index (χ1n) is 9.11. The zero-order valence-electron chi connectivity index (χ0n) is 13.8. The molecule has 0 amide bonds. The topological polar surface area (TPSA) is 27.1 Å². The minimum Gasteiger partial charge on any atom is -0.381 e. The molecule has 2 aliphatic heterocycles. The highest BCUT2D eigenvalue weighted by Gasteiger charge is 2.15. The van der Waals surface area contributed by atoms with Gasteiger partial charge in [-0.3, -0.25) is 0 Å². The van der Waals surface area contributed by atoms with Gasteiger partial charge in [-0.2, -0.15) is 0 Å². The van der Waals surface area contributed by atoms with Crippen LogP contribution < -0.4 is 0 Å². The predicted octanol–water partition coefficient (Wildman–Crippen LogP) is 4.25. The molecular formula is C20H26N2O. The van der Waals surface area contributed by atoms with Crippen LogP contribution in [0.25, 0.3) is 11.3 Å². The lowest BCUT2D eigenvalue weighted by Crippen LogP contribution is -2.17. The fourth-order valence-electron chi connectivity index (χ4n) is 3.80. The first kappa shape index (κ1) is 14.9. The van der Waals surface area contributed by atoms with E-state index >= 15 is 0 Å². The number of rotatable bonds is 4. The first-order chi connectivity index (χ1) is 11.4. The van der Waals surface area contributed by atoms with Crippen molar-refractivity contribution in [2.24, 2.45) is 5.92 Å². The van der Waals surface area contributed by atoms with E-state index in [4.69, 9.17) is 9.72 Å². The molecule has 122 valence electrons. The van der Waals surface area contributed by atoms with E-state index in [9.17, 15) is 0 Å². The van der Waals surface area contributed by atoms with Crippen LogP contribution >= 0.6 is 0 Å². The van der Waals surface area contributed by atoms with Crippen molar-refractivity contribution in [1.29, 1.82) is 0 Å². The van der Waals surface area contributed by atoms with Gasteiger partial charge in [-0.25, -0.2) is 4.98 Å². The normalized spacial score (nSPS) is 21.1. The molecule has 23 heavy (non-hydrogen) atoms. The van der Waals surface area contributed by atoms with E-state index in [0.29, 0.717) is 0 Å². The minimum absolute atomic E-state index is 0.753. The lowest BCUT2D eigenvalue weighted by molar-refractivity contribution is 0.0518. The van der Waals surface area contributed by atoms with Crippen molar-refractivity contribution in [3.63, 3.8) is 0 Å². The van der Waals surface area contributed by atoms with Crippen LogP contribution in [-0.2, 0) is 24.1 Å². The number of aromatic nitrogens is 2. The van der Waals surface area contributed by atoms with Crippen molar-refractivity contribution in [1.82, 2.24) is 9.55 Å². The minimum atomic E-state index is 0.753. The molecule has 2 aliphatic rings. The fraction of sp³-hybridized carbons (Fsp3) is 0.550. The van der Waals surface area contributed by atoms with Crippen LogP contribution in [0.1, 0.15) is 43.5 Å². The second-order valence-corrected chi connectivity index (χ2v) is 7.01. The summed E-state index contributed by atoms with van der Waals surface area (Å²) >= 11 is 0. The molecule has 0 N–H and O–H groups in total. The smallest absolute Gasteiger partial charge is 0.109 e. The lowest BCUT2D eigenvalue weighted by atomic mass is 9.94. The molecule has 1 atom stereocenters. The highest BCUT2D eigenvalue weighted by atomic mass is 16.5. The molecule has 1 aromatic carbocycles. The second-order valence-electron chi connectivity index (χ2n) is 7.01. The van der Waals surface area contributed by atoms with Crippen LogP contribution in [0.3, 0.4) is 0 Å². The Morgan fingerprint density at radius 2 is 2.04 bits per heavy atom. The summed E-state index contributed by atoms with van der Waals surface area (Å²) in [5, 5.41) is 0. The summed E-state index contributed by atoms with van der Waals surface area (Å²) in [4.78, 5) is 4.82. The summed E-state index contributed by atoms with van der Waals surface area (Å²) in [7, 11) is 0. The molecule has 0 aliphatic carbocycles. The summed E-state index contributed by atoms with van der Waals surface area (Å²) in [6.45, 7) is 3.04. The van der Waals surface area contributed by atoms with Gasteiger partial charge < -0.3 is 9.30 Å². The van der Waals surface area contributed by atoms with Gasteiger partial charge in [0.15, 0.2) is 0 Å². The molecule has 0 bridgehead atoms. The van der Waals surface area contributed by atoms with Crippen molar-refractivity contribution < 1.29 is 4.74 Å². The van der Waals surface area contributed by atoms with Crippen molar-refractivity contribution in [3.05, 3.63) is 41.9 Å². The largest absolute Gasteiger partial charge is 0.381 e. The van der Waals surface area contributed by atoms with E-state index in [1.165, 1.54) is 49.1 Å². The highest BCUT2D eigenvalue weighted by molar-refractivity contribution is 5.59. The van der Waals surface area contributed by atoms with Crippen LogP contribution in [0.2, 0.25) is 0 Å². The van der Waals surface area contributed by atoms with Crippen LogP contribution in [0, 0.1) is 5.92 Å². The van der Waals surface area contributed by atoms with Gasteiger partial charge in [0.1, 0.15) is 5.82 Å². The number of hydrogen-bond donors (Lipinski definition) is 0. The van der Waals surface area contributed by atoms with Gasteiger partial charge in [-0.15, -0.1) is 0 Å². The molecule has 2 aromatic rings. The molecular weight excluding hydrogens is 284 g/mol. The molecule has 1 aromatic heterocycles. The van der Waals surface area contributed by atoms with E-state index in [0.717, 1.165) is 44.2 Å². The van der Waals surface area contributed by atoms with Gasteiger partial charge in [-0.05, 0) is 50.0 Å². The Balaban J connectivity index is 1.40. The molecule has 4 rings (SSSR count). The lowest BCUT2D eigenvalue weighted by Gasteiger charge is -2.21. The predicted molar refractivity (Wildman–Crippen MR) is 92.5 cm³/mol. The molecule has 1 saturated heterocycles. The monoisotopic (exact) mass is 310 g/mol. The van der Waals surface area contributed by atoms with Crippen molar-refractivity contribution in [2.75, 3.05) is 13.2 Å². The molecule has 3 nitrogen and oxygen atoms in total. The number of aryl methyl sites for hydroxylation is 3. The van der Waals surface area contributed by atoms with Crippen molar-refractivity contribution in [2.45, 2.75) is 51.5 Å². The van der Waals surface area contributed by atoms with E-state index in [2.05, 4.69) is 35.0 Å². The summed E-state index contributed by atoms with van der Waals surface area (Å²) in [6.07, 6.45) is 10.9. The van der Waals surface area contributed by atoms with Crippen molar-refractivity contribution in [3.8, 4) is 11.3 Å². The standard InChI is InChI=1S/C20H26N2O/c1-2-12-22-14-19(21-20(22)5-1)18-10-8-16(9-11-18)6-7-17-4-3-13-23-15-17/h8-11,14,17H,1-7,12-13,15H2. The third kappa shape index (κ3) is 3.50. The first-order valence-corrected chi connectivity index (χ1v) is 9.11. The quantitative estimate of drug-likeness (QED) is 0.844. The van der Waals surface area contributed by atoms with E-state index in [1.807, 2.05) is 0 Å². The third-order valence-electron chi connectivity index (χ3n) is 5.25. The molecule has 0 radical (unpaired) electrons. The number of imidazole rings is 1. The molecule has 1 fully saturated rings. The Kier molecular flexibility index (Phi) is 4.47. The zero-order valence-corrected chi connectivity index (χ0v) is 13.8. The van der Waals surface area contributed by atoms with Gasteiger partial charge in [0.2, 0.25) is 0 Å². The second kappa shape index (κ2) is 6.88. The summed E-state index contributed by atoms with van der Waals surface area (Å²) in [5.41, 5.74) is 3.81. The average molecular weight is 310 g/mol. The number of hydrogen-bond acceptors (Lipinski definition) is 2. The van der Waals surface area contributed by atoms with Crippen LogP contribution in [-0.4, -0.2) is 22.8 Å². The van der Waals surface area contributed by atoms with Gasteiger partial charge >= 0.3 is 0 Å². The number of nitrogens with zero attached hydrogens (tertiary/aromatic N) is 2. The number of fused-ring (bicyclic) bond motifs is 1. The summed E-state index contributed by atoms with van der Waals surface area (Å²) in [5.74, 6) is 2.01. The maximum absolute atomic E-state index is 5.58. The van der Waals surface area contributed by atoms with Crippen molar-refractivity contribution >= 4 is 0 Å². The Labute approximate surface area is 138 Å². The summed E-state index contributed by atoms with van der Waals surface area (Å²) in [6, 6.07) is 9.02. The molecule has 3 heteroatoms. The van der Waals surface area contributed by atoms with Crippen LogP contribution in [0.15, 0.2) is 30.5 Å². The Morgan fingerprint density at radius 1 is 1.13 bits per heavy atom. The Bertz CT molecular complexity index is 615.